The summed E-state index contributed by atoms with van der Waals surface area (Å²) < 4.78 is 0. The quantitative estimate of drug-likeness (QED) is 0.882. The van der Waals surface area contributed by atoms with Gasteiger partial charge in [0.1, 0.15) is 0 Å². The fourth-order valence-electron chi connectivity index (χ4n) is 2.26. The van der Waals surface area contributed by atoms with Crippen LogP contribution >= 0.6 is 11.6 Å². The van der Waals surface area contributed by atoms with Crippen LogP contribution in [-0.4, -0.2) is 19.0 Å². The molecule has 0 saturated carbocycles. The first-order valence-corrected chi connectivity index (χ1v) is 6.86. The number of halogens is 1. The van der Waals surface area contributed by atoms with Crippen molar-refractivity contribution >= 4 is 17.5 Å². The number of carbonyl (C=O) groups is 1. The number of hydrogen-bond acceptors (Lipinski definition) is 2. The zero-order valence-corrected chi connectivity index (χ0v) is 11.2. The van der Waals surface area contributed by atoms with Gasteiger partial charge in [0.05, 0.1) is 0 Å². The van der Waals surface area contributed by atoms with Crippen LogP contribution in [-0.2, 0) is 11.3 Å². The van der Waals surface area contributed by atoms with Crippen molar-refractivity contribution in [1.82, 2.24) is 10.6 Å². The molecule has 1 aromatic rings. The van der Waals surface area contributed by atoms with Gasteiger partial charge >= 0.3 is 0 Å². The Bertz CT molecular complexity index is 401. The highest BCUT2D eigenvalue weighted by Crippen LogP contribution is 2.14. The molecule has 1 aliphatic rings. The Labute approximate surface area is 113 Å². The lowest BCUT2D eigenvalue weighted by Gasteiger charge is -2.13. The Kier molecular flexibility index (Phi) is 5.02. The highest BCUT2D eigenvalue weighted by molar-refractivity contribution is 6.30. The maximum absolute atomic E-state index is 12.0. The highest BCUT2D eigenvalue weighted by Gasteiger charge is 2.19. The molecule has 3 nitrogen and oxygen atoms in total. The van der Waals surface area contributed by atoms with E-state index in [-0.39, 0.29) is 11.8 Å². The summed E-state index contributed by atoms with van der Waals surface area (Å²) in [5, 5.41) is 7.02. The van der Waals surface area contributed by atoms with Gasteiger partial charge in [-0.2, -0.15) is 0 Å². The van der Waals surface area contributed by atoms with Crippen molar-refractivity contribution in [3.05, 3.63) is 34.9 Å². The summed E-state index contributed by atoms with van der Waals surface area (Å²) in [6.45, 7) is 2.52. The Morgan fingerprint density at radius 2 is 2.28 bits per heavy atom. The molecular weight excluding hydrogens is 248 g/mol. The summed E-state index contributed by atoms with van der Waals surface area (Å²) in [6.07, 6.45) is 2.99. The SMILES string of the molecule is O=C(NCc1cccc(Cl)c1)[C@@H]1CCCNCC1. The van der Waals surface area contributed by atoms with E-state index < -0.39 is 0 Å². The number of amides is 1. The summed E-state index contributed by atoms with van der Waals surface area (Å²) in [7, 11) is 0. The lowest BCUT2D eigenvalue weighted by molar-refractivity contribution is -0.125. The number of benzene rings is 1. The van der Waals surface area contributed by atoms with Crippen LogP contribution in [0.3, 0.4) is 0 Å². The van der Waals surface area contributed by atoms with Gasteiger partial charge in [0.15, 0.2) is 0 Å². The molecule has 4 heteroatoms. The van der Waals surface area contributed by atoms with Crippen LogP contribution in [0.4, 0.5) is 0 Å². The van der Waals surface area contributed by atoms with E-state index in [1.165, 1.54) is 0 Å². The molecule has 1 aliphatic heterocycles. The van der Waals surface area contributed by atoms with Crippen LogP contribution in [0.5, 0.6) is 0 Å². The monoisotopic (exact) mass is 266 g/mol. The van der Waals surface area contributed by atoms with Crippen LogP contribution in [0.2, 0.25) is 5.02 Å². The normalized spacial score (nSPS) is 20.2. The minimum absolute atomic E-state index is 0.152. The summed E-state index contributed by atoms with van der Waals surface area (Å²) in [5.74, 6) is 0.317. The molecule has 0 radical (unpaired) electrons. The Morgan fingerprint density at radius 1 is 1.39 bits per heavy atom. The molecule has 0 bridgehead atoms. The van der Waals surface area contributed by atoms with Crippen LogP contribution < -0.4 is 10.6 Å². The van der Waals surface area contributed by atoms with E-state index in [9.17, 15) is 4.79 Å². The number of rotatable bonds is 3. The van der Waals surface area contributed by atoms with Gasteiger partial charge in [0, 0.05) is 17.5 Å². The average molecular weight is 267 g/mol. The molecule has 1 amide bonds. The second kappa shape index (κ2) is 6.76. The summed E-state index contributed by atoms with van der Waals surface area (Å²) in [6, 6.07) is 7.60. The molecule has 1 saturated heterocycles. The minimum Gasteiger partial charge on any atom is -0.352 e. The molecule has 18 heavy (non-hydrogen) atoms. The van der Waals surface area contributed by atoms with Gasteiger partial charge in [-0.05, 0) is 50.0 Å². The van der Waals surface area contributed by atoms with Gasteiger partial charge in [-0.1, -0.05) is 23.7 Å². The summed E-state index contributed by atoms with van der Waals surface area (Å²) in [5.41, 5.74) is 1.04. The van der Waals surface area contributed by atoms with Gasteiger partial charge < -0.3 is 10.6 Å². The fourth-order valence-corrected chi connectivity index (χ4v) is 2.47. The Hall–Kier alpha value is -1.06. The van der Waals surface area contributed by atoms with Crippen molar-refractivity contribution in [3.8, 4) is 0 Å². The van der Waals surface area contributed by atoms with E-state index in [2.05, 4.69) is 10.6 Å². The molecule has 0 unspecified atom stereocenters. The van der Waals surface area contributed by atoms with E-state index in [0.717, 1.165) is 37.9 Å². The Balaban J connectivity index is 1.83. The molecule has 1 heterocycles. The third-order valence-corrected chi connectivity index (χ3v) is 3.54. The second-order valence-electron chi connectivity index (χ2n) is 4.73. The molecule has 2 N–H and O–H groups in total. The van der Waals surface area contributed by atoms with Crippen molar-refractivity contribution < 1.29 is 4.79 Å². The molecule has 0 aromatic heterocycles. The van der Waals surface area contributed by atoms with Crippen molar-refractivity contribution in [2.75, 3.05) is 13.1 Å². The third kappa shape index (κ3) is 4.00. The van der Waals surface area contributed by atoms with Crippen LogP contribution in [0, 0.1) is 5.92 Å². The molecular formula is C14H19ClN2O. The largest absolute Gasteiger partial charge is 0.352 e. The fraction of sp³-hybridized carbons (Fsp3) is 0.500. The van der Waals surface area contributed by atoms with Crippen LogP contribution in [0.1, 0.15) is 24.8 Å². The first-order valence-electron chi connectivity index (χ1n) is 6.48. The molecule has 0 spiro atoms. The van der Waals surface area contributed by atoms with Crippen molar-refractivity contribution in [1.29, 1.82) is 0 Å². The van der Waals surface area contributed by atoms with Crippen molar-refractivity contribution in [2.24, 2.45) is 5.92 Å². The number of nitrogens with one attached hydrogen (secondary N) is 2. The lowest BCUT2D eigenvalue weighted by atomic mass is 10.00. The molecule has 1 aromatic carbocycles. The predicted octanol–water partition coefficient (Wildman–Crippen LogP) is 2.35. The van der Waals surface area contributed by atoms with E-state index in [1.54, 1.807) is 0 Å². The van der Waals surface area contributed by atoms with E-state index in [4.69, 9.17) is 11.6 Å². The van der Waals surface area contributed by atoms with E-state index >= 15 is 0 Å². The second-order valence-corrected chi connectivity index (χ2v) is 5.16. The molecule has 2 rings (SSSR count). The van der Waals surface area contributed by atoms with Crippen LogP contribution in [0.25, 0.3) is 0 Å². The number of carbonyl (C=O) groups excluding carboxylic acids is 1. The van der Waals surface area contributed by atoms with Gasteiger partial charge in [0.2, 0.25) is 5.91 Å². The van der Waals surface area contributed by atoms with E-state index in [0.29, 0.717) is 11.6 Å². The maximum atomic E-state index is 12.0. The zero-order chi connectivity index (χ0) is 12.8. The smallest absolute Gasteiger partial charge is 0.223 e. The minimum atomic E-state index is 0.152. The zero-order valence-electron chi connectivity index (χ0n) is 10.4. The van der Waals surface area contributed by atoms with Gasteiger partial charge in [-0.25, -0.2) is 0 Å². The molecule has 98 valence electrons. The van der Waals surface area contributed by atoms with Crippen LogP contribution in [0.15, 0.2) is 24.3 Å². The first kappa shape index (κ1) is 13.4. The van der Waals surface area contributed by atoms with Gasteiger partial charge in [-0.15, -0.1) is 0 Å². The summed E-state index contributed by atoms with van der Waals surface area (Å²) in [4.78, 5) is 12.0. The van der Waals surface area contributed by atoms with E-state index in [1.807, 2.05) is 24.3 Å². The predicted molar refractivity (Wildman–Crippen MR) is 73.5 cm³/mol. The molecule has 0 aliphatic carbocycles. The first-order chi connectivity index (χ1) is 8.75. The van der Waals surface area contributed by atoms with Gasteiger partial charge in [-0.3, -0.25) is 4.79 Å². The third-order valence-electron chi connectivity index (χ3n) is 3.30. The standard InChI is InChI=1S/C14H19ClN2O/c15-13-5-1-3-11(9-13)10-17-14(18)12-4-2-7-16-8-6-12/h1,3,5,9,12,16H,2,4,6-8,10H2,(H,17,18)/t12-/m1/s1. The summed E-state index contributed by atoms with van der Waals surface area (Å²) >= 11 is 5.91. The maximum Gasteiger partial charge on any atom is 0.223 e. The van der Waals surface area contributed by atoms with Crippen molar-refractivity contribution in [2.45, 2.75) is 25.8 Å². The van der Waals surface area contributed by atoms with Crippen molar-refractivity contribution in [3.63, 3.8) is 0 Å². The average Bonchev–Trinajstić information content (AvgIpc) is 2.65. The molecule has 1 fully saturated rings. The highest BCUT2D eigenvalue weighted by atomic mass is 35.5. The lowest BCUT2D eigenvalue weighted by Crippen LogP contribution is -2.30. The number of hydrogen-bond donors (Lipinski definition) is 2. The topological polar surface area (TPSA) is 41.1 Å². The van der Waals surface area contributed by atoms with Gasteiger partial charge in [0.25, 0.3) is 0 Å². The Morgan fingerprint density at radius 3 is 3.11 bits per heavy atom. The molecule has 1 atom stereocenters.